The van der Waals surface area contributed by atoms with Gasteiger partial charge < -0.3 is 10.1 Å². The van der Waals surface area contributed by atoms with Gasteiger partial charge in [0, 0.05) is 5.56 Å². The Morgan fingerprint density at radius 2 is 1.79 bits per heavy atom. The molecular weight excluding hydrogens is 246 g/mol. The standard InChI is InChI=1S/C13H19N3O3/c1-8(2)11(13(18)16-14)15-12(17)9-4-6-10(19-3)7-5-9/h4-8,11H,14H2,1-3H3,(H,15,17)(H,16,18)/t11-/m1/s1. The molecule has 1 aromatic carbocycles. The van der Waals surface area contributed by atoms with E-state index < -0.39 is 11.9 Å². The minimum Gasteiger partial charge on any atom is -0.497 e. The van der Waals surface area contributed by atoms with Gasteiger partial charge in [0.1, 0.15) is 11.8 Å². The number of carbonyl (C=O) groups is 2. The summed E-state index contributed by atoms with van der Waals surface area (Å²) in [5.41, 5.74) is 2.50. The van der Waals surface area contributed by atoms with Crippen molar-refractivity contribution in [3.8, 4) is 5.75 Å². The third kappa shape index (κ3) is 3.96. The summed E-state index contributed by atoms with van der Waals surface area (Å²) in [5, 5.41) is 2.65. The van der Waals surface area contributed by atoms with E-state index >= 15 is 0 Å². The van der Waals surface area contributed by atoms with Gasteiger partial charge in [0.15, 0.2) is 0 Å². The van der Waals surface area contributed by atoms with Crippen molar-refractivity contribution in [3.63, 3.8) is 0 Å². The quantitative estimate of drug-likeness (QED) is 0.409. The summed E-state index contributed by atoms with van der Waals surface area (Å²) in [6.07, 6.45) is 0. The van der Waals surface area contributed by atoms with Crippen LogP contribution in [-0.2, 0) is 4.79 Å². The predicted octanol–water partition coefficient (Wildman–Crippen LogP) is 0.440. The molecule has 6 nitrogen and oxygen atoms in total. The van der Waals surface area contributed by atoms with E-state index in [0.717, 1.165) is 0 Å². The number of methoxy groups -OCH3 is 1. The first-order valence-corrected chi connectivity index (χ1v) is 5.95. The van der Waals surface area contributed by atoms with Crippen LogP contribution in [0.5, 0.6) is 5.75 Å². The molecule has 0 fully saturated rings. The molecule has 0 aromatic heterocycles. The first-order chi connectivity index (χ1) is 8.99. The molecule has 4 N–H and O–H groups in total. The molecular formula is C13H19N3O3. The maximum Gasteiger partial charge on any atom is 0.256 e. The molecule has 0 heterocycles. The number of rotatable bonds is 5. The largest absolute Gasteiger partial charge is 0.497 e. The number of carbonyl (C=O) groups excluding carboxylic acids is 2. The second-order valence-electron chi connectivity index (χ2n) is 4.43. The van der Waals surface area contributed by atoms with Gasteiger partial charge in [0.2, 0.25) is 0 Å². The number of benzene rings is 1. The van der Waals surface area contributed by atoms with E-state index in [1.165, 1.54) is 0 Å². The number of nitrogens with two attached hydrogens (primary N) is 1. The van der Waals surface area contributed by atoms with Crippen LogP contribution < -0.4 is 21.3 Å². The van der Waals surface area contributed by atoms with E-state index in [2.05, 4.69) is 5.32 Å². The number of amides is 2. The minimum atomic E-state index is -0.667. The first-order valence-electron chi connectivity index (χ1n) is 5.95. The normalized spacial score (nSPS) is 11.8. The highest BCUT2D eigenvalue weighted by molar-refractivity contribution is 5.97. The number of hydrogen-bond donors (Lipinski definition) is 3. The molecule has 1 rings (SSSR count). The summed E-state index contributed by atoms with van der Waals surface area (Å²) in [4.78, 5) is 23.6. The Morgan fingerprint density at radius 1 is 1.21 bits per heavy atom. The highest BCUT2D eigenvalue weighted by Gasteiger charge is 2.23. The topological polar surface area (TPSA) is 93.4 Å². The molecule has 0 bridgehead atoms. The van der Waals surface area contributed by atoms with Crippen LogP contribution in [0.15, 0.2) is 24.3 Å². The fraction of sp³-hybridized carbons (Fsp3) is 0.385. The Balaban J connectivity index is 2.78. The highest BCUT2D eigenvalue weighted by atomic mass is 16.5. The van der Waals surface area contributed by atoms with Crippen LogP contribution in [0.4, 0.5) is 0 Å². The maximum absolute atomic E-state index is 12.0. The maximum atomic E-state index is 12.0. The Kier molecular flexibility index (Phi) is 5.32. The van der Waals surface area contributed by atoms with Gasteiger partial charge in [-0.2, -0.15) is 0 Å². The Hall–Kier alpha value is -2.08. The average Bonchev–Trinajstić information content (AvgIpc) is 2.43. The lowest BCUT2D eigenvalue weighted by molar-refractivity contribution is -0.124. The van der Waals surface area contributed by atoms with Crippen molar-refractivity contribution in [3.05, 3.63) is 29.8 Å². The zero-order chi connectivity index (χ0) is 14.4. The summed E-state index contributed by atoms with van der Waals surface area (Å²) in [7, 11) is 1.55. The summed E-state index contributed by atoms with van der Waals surface area (Å²) in [6, 6.07) is 5.96. The third-order valence-electron chi connectivity index (χ3n) is 2.73. The zero-order valence-electron chi connectivity index (χ0n) is 11.3. The third-order valence-corrected chi connectivity index (χ3v) is 2.73. The lowest BCUT2D eigenvalue weighted by Gasteiger charge is -2.20. The second-order valence-corrected chi connectivity index (χ2v) is 4.43. The summed E-state index contributed by atoms with van der Waals surface area (Å²) in [5.74, 6) is 4.95. The predicted molar refractivity (Wildman–Crippen MR) is 71.4 cm³/mol. The van der Waals surface area contributed by atoms with Crippen LogP contribution in [0.1, 0.15) is 24.2 Å². The number of hydrazine groups is 1. The molecule has 0 radical (unpaired) electrons. The van der Waals surface area contributed by atoms with Crippen molar-refractivity contribution in [1.29, 1.82) is 0 Å². The average molecular weight is 265 g/mol. The SMILES string of the molecule is COc1ccc(C(=O)N[C@@H](C(=O)NN)C(C)C)cc1. The lowest BCUT2D eigenvalue weighted by Crippen LogP contribution is -2.51. The molecule has 0 unspecified atom stereocenters. The van der Waals surface area contributed by atoms with E-state index in [1.807, 2.05) is 19.3 Å². The monoisotopic (exact) mass is 265 g/mol. The Bertz CT molecular complexity index is 443. The molecule has 0 saturated heterocycles. The van der Waals surface area contributed by atoms with Crippen molar-refractivity contribution < 1.29 is 14.3 Å². The summed E-state index contributed by atoms with van der Waals surface area (Å²) < 4.78 is 5.01. The van der Waals surface area contributed by atoms with Crippen LogP contribution in [0.3, 0.4) is 0 Å². The first kappa shape index (κ1) is 15.0. The molecule has 0 aliphatic carbocycles. The van der Waals surface area contributed by atoms with Gasteiger partial charge in [-0.05, 0) is 30.2 Å². The molecule has 1 aromatic rings. The van der Waals surface area contributed by atoms with Crippen molar-refractivity contribution in [2.24, 2.45) is 11.8 Å². The van der Waals surface area contributed by atoms with E-state index in [1.54, 1.807) is 31.4 Å². The second kappa shape index (κ2) is 6.75. The van der Waals surface area contributed by atoms with Crippen LogP contribution >= 0.6 is 0 Å². The fourth-order valence-electron chi connectivity index (χ4n) is 1.59. The van der Waals surface area contributed by atoms with Gasteiger partial charge in [-0.1, -0.05) is 13.8 Å². The van der Waals surface area contributed by atoms with Crippen LogP contribution in [0.25, 0.3) is 0 Å². The zero-order valence-corrected chi connectivity index (χ0v) is 11.3. The van der Waals surface area contributed by atoms with Gasteiger partial charge >= 0.3 is 0 Å². The van der Waals surface area contributed by atoms with E-state index in [9.17, 15) is 9.59 Å². The lowest BCUT2D eigenvalue weighted by atomic mass is 10.0. The fourth-order valence-corrected chi connectivity index (χ4v) is 1.59. The molecule has 0 saturated carbocycles. The van der Waals surface area contributed by atoms with Gasteiger partial charge in [-0.3, -0.25) is 15.0 Å². The van der Waals surface area contributed by atoms with Gasteiger partial charge in [0.05, 0.1) is 7.11 Å². The molecule has 104 valence electrons. The number of nitrogens with one attached hydrogen (secondary N) is 2. The Morgan fingerprint density at radius 3 is 2.21 bits per heavy atom. The molecule has 2 amide bonds. The molecule has 19 heavy (non-hydrogen) atoms. The molecule has 1 atom stereocenters. The van der Waals surface area contributed by atoms with Gasteiger partial charge in [-0.25, -0.2) is 5.84 Å². The van der Waals surface area contributed by atoms with E-state index in [0.29, 0.717) is 11.3 Å². The summed E-state index contributed by atoms with van der Waals surface area (Å²) >= 11 is 0. The van der Waals surface area contributed by atoms with Gasteiger partial charge in [0.25, 0.3) is 11.8 Å². The molecule has 0 aliphatic rings. The van der Waals surface area contributed by atoms with E-state index in [-0.39, 0.29) is 11.8 Å². The Labute approximate surface area is 112 Å². The number of hydrogen-bond acceptors (Lipinski definition) is 4. The molecule has 0 spiro atoms. The van der Waals surface area contributed by atoms with Crippen molar-refractivity contribution in [2.45, 2.75) is 19.9 Å². The summed E-state index contributed by atoms with van der Waals surface area (Å²) in [6.45, 7) is 3.66. The molecule has 6 heteroatoms. The van der Waals surface area contributed by atoms with Gasteiger partial charge in [-0.15, -0.1) is 0 Å². The van der Waals surface area contributed by atoms with Crippen LogP contribution in [0.2, 0.25) is 0 Å². The smallest absolute Gasteiger partial charge is 0.256 e. The molecule has 0 aliphatic heterocycles. The van der Waals surface area contributed by atoms with Crippen molar-refractivity contribution >= 4 is 11.8 Å². The van der Waals surface area contributed by atoms with E-state index in [4.69, 9.17) is 10.6 Å². The van der Waals surface area contributed by atoms with Crippen molar-refractivity contribution in [1.82, 2.24) is 10.7 Å². The minimum absolute atomic E-state index is 0.0641. The van der Waals surface area contributed by atoms with Crippen molar-refractivity contribution in [2.75, 3.05) is 7.11 Å². The van der Waals surface area contributed by atoms with Crippen LogP contribution in [0, 0.1) is 5.92 Å². The number of ether oxygens (including phenoxy) is 1. The van der Waals surface area contributed by atoms with Crippen LogP contribution in [-0.4, -0.2) is 25.0 Å². The highest BCUT2D eigenvalue weighted by Crippen LogP contribution is 2.12.